The van der Waals surface area contributed by atoms with E-state index in [0.29, 0.717) is 0 Å². The summed E-state index contributed by atoms with van der Waals surface area (Å²) in [5.74, 6) is -2.88. The molecular formula is C10H9IO7. The second kappa shape index (κ2) is 5.76. The fourth-order valence-electron chi connectivity index (χ4n) is 1.51. The molecule has 3 N–H and O–H groups in total. The van der Waals surface area contributed by atoms with Gasteiger partial charge in [0.25, 0.3) is 0 Å². The summed E-state index contributed by atoms with van der Waals surface area (Å²) in [5, 5.41) is 26.7. The maximum Gasteiger partial charge on any atom is 0.341 e. The number of aromatic hydroxyl groups is 1. The molecule has 98 valence electrons. The van der Waals surface area contributed by atoms with E-state index in [0.717, 1.165) is 12.1 Å². The van der Waals surface area contributed by atoms with Crippen molar-refractivity contribution in [1.82, 2.24) is 0 Å². The molecule has 0 aliphatic heterocycles. The summed E-state index contributed by atoms with van der Waals surface area (Å²) in [6.07, 6.45) is -1.18. The van der Waals surface area contributed by atoms with Crippen LogP contribution in [0.1, 0.15) is 11.1 Å². The maximum atomic E-state index is 11.2. The zero-order valence-corrected chi connectivity index (χ0v) is 11.1. The van der Waals surface area contributed by atoms with E-state index >= 15 is 0 Å². The van der Waals surface area contributed by atoms with Gasteiger partial charge in [-0.05, 0) is 23.3 Å². The van der Waals surface area contributed by atoms with E-state index in [1.165, 1.54) is 0 Å². The number of hydrogen-bond donors (Lipinski definition) is 3. The minimum Gasteiger partial charge on any atom is -0.508 e. The molecular weight excluding hydrogens is 359 g/mol. The van der Waals surface area contributed by atoms with Crippen LogP contribution in [0.5, 0.6) is 5.75 Å². The molecule has 1 rings (SSSR count). The first-order valence-corrected chi connectivity index (χ1v) is 7.49. The summed E-state index contributed by atoms with van der Waals surface area (Å²) >= 11 is -4.06. The molecule has 0 radical (unpaired) electrons. The van der Waals surface area contributed by atoms with Gasteiger partial charge in [-0.2, -0.15) is 0 Å². The van der Waals surface area contributed by atoms with Gasteiger partial charge in [-0.25, -0.2) is 6.14 Å². The molecule has 7 nitrogen and oxygen atoms in total. The van der Waals surface area contributed by atoms with Crippen LogP contribution in [0.3, 0.4) is 0 Å². The average Bonchev–Trinajstić information content (AvgIpc) is 2.12. The van der Waals surface area contributed by atoms with Gasteiger partial charge >= 0.3 is 31.7 Å². The van der Waals surface area contributed by atoms with E-state index in [4.69, 9.17) is 10.2 Å². The lowest BCUT2D eigenvalue weighted by atomic mass is 10.1. The van der Waals surface area contributed by atoms with Crippen LogP contribution < -0.4 is 0 Å². The summed E-state index contributed by atoms with van der Waals surface area (Å²) in [6.45, 7) is 0. The first kappa shape index (κ1) is 14.4. The second-order valence-corrected chi connectivity index (χ2v) is 5.76. The Balaban J connectivity index is 3.44. The number of aliphatic carboxylic acids is 2. The van der Waals surface area contributed by atoms with Crippen LogP contribution in [0.4, 0.5) is 0 Å². The first-order chi connectivity index (χ1) is 8.31. The number of carbonyl (C=O) groups is 2. The Kier molecular flexibility index (Phi) is 4.59. The summed E-state index contributed by atoms with van der Waals surface area (Å²) in [7, 11) is 0. The third kappa shape index (κ3) is 3.65. The number of phenolic OH excluding ortho intramolecular Hbond substituents is 1. The van der Waals surface area contributed by atoms with Crippen LogP contribution in [0.2, 0.25) is 0 Å². The van der Waals surface area contributed by atoms with Crippen molar-refractivity contribution in [1.29, 1.82) is 0 Å². The number of benzene rings is 1. The third-order valence-corrected chi connectivity index (χ3v) is 4.31. The topological polar surface area (TPSA) is 129 Å². The van der Waals surface area contributed by atoms with Crippen molar-refractivity contribution < 1.29 is 31.0 Å². The number of carboxylic acids is 2. The minimum absolute atomic E-state index is 0.0889. The van der Waals surface area contributed by atoms with Crippen LogP contribution in [-0.4, -0.2) is 27.3 Å². The normalized spacial score (nSPS) is 10.5. The van der Waals surface area contributed by atoms with Crippen molar-refractivity contribution in [2.75, 3.05) is 0 Å². The molecule has 0 heterocycles. The molecule has 8 heteroatoms. The molecule has 0 amide bonds. The van der Waals surface area contributed by atoms with E-state index in [2.05, 4.69) is 0 Å². The lowest BCUT2D eigenvalue weighted by Gasteiger charge is -2.07. The zero-order chi connectivity index (χ0) is 13.9. The standard InChI is InChI=1S/C10H9IO7/c12-7-1-5(3-8(13)14)10(11(17)18)6(2-7)4-9(15)16/h1-2,12H,3-4H2,(H,13,14)(H,15,16). The molecule has 1 aromatic carbocycles. The summed E-state index contributed by atoms with van der Waals surface area (Å²) in [5.41, 5.74) is -0.178. The van der Waals surface area contributed by atoms with Crippen molar-refractivity contribution >= 4 is 31.7 Å². The lowest BCUT2D eigenvalue weighted by molar-refractivity contribution is -0.137. The molecule has 0 aromatic heterocycles. The molecule has 0 aliphatic carbocycles. The highest BCUT2D eigenvalue weighted by Crippen LogP contribution is 2.30. The summed E-state index contributed by atoms with van der Waals surface area (Å²) in [6, 6.07) is 2.05. The molecule has 0 unspecified atom stereocenters. The summed E-state index contributed by atoms with van der Waals surface area (Å²) in [4.78, 5) is 21.2. The Bertz CT molecular complexity index is 529. The van der Waals surface area contributed by atoms with Gasteiger partial charge < -0.3 is 15.3 Å². The molecule has 1 aromatic rings. The fraction of sp³-hybridized carbons (Fsp3) is 0.200. The van der Waals surface area contributed by atoms with Crippen molar-refractivity contribution in [3.8, 4) is 5.75 Å². The van der Waals surface area contributed by atoms with Gasteiger partial charge in [0.2, 0.25) is 0 Å². The highest BCUT2D eigenvalue weighted by atomic mass is 127. The van der Waals surface area contributed by atoms with Crippen LogP contribution in [0, 0.1) is 3.57 Å². The van der Waals surface area contributed by atoms with Gasteiger partial charge in [-0.15, -0.1) is 0 Å². The van der Waals surface area contributed by atoms with Gasteiger partial charge in [-0.1, -0.05) is 0 Å². The molecule has 18 heavy (non-hydrogen) atoms. The molecule has 0 bridgehead atoms. The van der Waals surface area contributed by atoms with Crippen molar-refractivity contribution in [2.24, 2.45) is 0 Å². The number of carboxylic acid groups (broad SMARTS) is 2. The second-order valence-electron chi connectivity index (χ2n) is 3.44. The molecule has 0 fully saturated rings. The average molecular weight is 368 g/mol. The third-order valence-electron chi connectivity index (χ3n) is 2.05. The Labute approximate surface area is 108 Å². The quantitative estimate of drug-likeness (QED) is 0.662. The first-order valence-electron chi connectivity index (χ1n) is 4.65. The largest absolute Gasteiger partial charge is 0.508 e. The predicted octanol–water partition coefficient (Wildman–Crippen LogP) is 1.01. The molecule has 0 aliphatic rings. The van der Waals surface area contributed by atoms with Gasteiger partial charge in [0.15, 0.2) is 0 Å². The van der Waals surface area contributed by atoms with Crippen molar-refractivity contribution in [3.05, 3.63) is 26.8 Å². The maximum absolute atomic E-state index is 11.2. The van der Waals surface area contributed by atoms with Crippen LogP contribution in [-0.2, 0) is 28.6 Å². The van der Waals surface area contributed by atoms with E-state index < -0.39 is 44.6 Å². The van der Waals surface area contributed by atoms with Gasteiger partial charge in [0, 0.05) is 0 Å². The van der Waals surface area contributed by atoms with Gasteiger partial charge in [0.1, 0.15) is 5.75 Å². The molecule has 0 atom stereocenters. The van der Waals surface area contributed by atoms with Crippen LogP contribution in [0.15, 0.2) is 12.1 Å². The monoisotopic (exact) mass is 368 g/mol. The molecule has 0 saturated heterocycles. The Hall–Kier alpha value is -1.71. The summed E-state index contributed by atoms with van der Waals surface area (Å²) < 4.78 is 22.1. The van der Waals surface area contributed by atoms with E-state index in [9.17, 15) is 20.8 Å². The number of phenols is 1. The van der Waals surface area contributed by atoms with Crippen molar-refractivity contribution in [3.63, 3.8) is 0 Å². The smallest absolute Gasteiger partial charge is 0.341 e. The van der Waals surface area contributed by atoms with Crippen molar-refractivity contribution in [2.45, 2.75) is 12.8 Å². The van der Waals surface area contributed by atoms with E-state index in [1.807, 2.05) is 0 Å². The number of hydrogen-bond acceptors (Lipinski definition) is 5. The number of halogens is 1. The lowest BCUT2D eigenvalue weighted by Crippen LogP contribution is -2.08. The zero-order valence-electron chi connectivity index (χ0n) is 8.92. The Morgan fingerprint density at radius 1 is 1.00 bits per heavy atom. The molecule has 0 saturated carbocycles. The van der Waals surface area contributed by atoms with Gasteiger partial charge in [0.05, 0.1) is 16.4 Å². The number of rotatable bonds is 5. The SMILES string of the molecule is O=C(O)Cc1cc(O)cc(CC(=O)O)c1I(=O)=O. The Morgan fingerprint density at radius 2 is 1.39 bits per heavy atom. The van der Waals surface area contributed by atoms with Gasteiger partial charge in [-0.3, -0.25) is 9.59 Å². The Morgan fingerprint density at radius 3 is 1.67 bits per heavy atom. The highest BCUT2D eigenvalue weighted by Gasteiger charge is 2.19. The fourth-order valence-corrected chi connectivity index (χ4v) is 3.34. The van der Waals surface area contributed by atoms with E-state index in [1.54, 1.807) is 0 Å². The minimum atomic E-state index is -4.06. The molecule has 0 spiro atoms. The van der Waals surface area contributed by atoms with E-state index in [-0.39, 0.29) is 20.4 Å². The van der Waals surface area contributed by atoms with Crippen LogP contribution in [0.25, 0.3) is 0 Å². The highest BCUT2D eigenvalue weighted by molar-refractivity contribution is 14.2. The van der Waals surface area contributed by atoms with Crippen LogP contribution >= 0.6 is 19.8 Å². The predicted molar refractivity (Wildman–Crippen MR) is 64.9 cm³/mol.